The Kier molecular flexibility index (Phi) is 4.19. The number of carbonyl (C=O) groups is 1. The fourth-order valence-electron chi connectivity index (χ4n) is 1.39. The number of pyridine rings is 1. The minimum absolute atomic E-state index is 0.00236. The van der Waals surface area contributed by atoms with Gasteiger partial charge >= 0.3 is 5.97 Å². The van der Waals surface area contributed by atoms with Crippen LogP contribution in [0.2, 0.25) is 0 Å². The van der Waals surface area contributed by atoms with E-state index in [-0.39, 0.29) is 30.1 Å². The summed E-state index contributed by atoms with van der Waals surface area (Å²) in [5.74, 6) is -0.958. The maximum atomic E-state index is 12.8. The molecule has 0 aliphatic heterocycles. The van der Waals surface area contributed by atoms with Crippen molar-refractivity contribution in [2.75, 3.05) is 18.1 Å². The fourth-order valence-corrected chi connectivity index (χ4v) is 1.39. The van der Waals surface area contributed by atoms with Crippen molar-refractivity contribution >= 4 is 17.5 Å². The van der Waals surface area contributed by atoms with E-state index in [1.165, 1.54) is 0 Å². The minimum Gasteiger partial charge on any atom is -0.466 e. The van der Waals surface area contributed by atoms with Gasteiger partial charge in [-0.15, -0.1) is 0 Å². The van der Waals surface area contributed by atoms with Crippen LogP contribution in [0.4, 0.5) is 20.3 Å². The lowest BCUT2D eigenvalue weighted by atomic mass is 10.0. The summed E-state index contributed by atoms with van der Waals surface area (Å²) in [7, 11) is 0. The second kappa shape index (κ2) is 5.42. The second-order valence-corrected chi connectivity index (χ2v) is 3.27. The van der Waals surface area contributed by atoms with Crippen LogP contribution in [0.15, 0.2) is 6.20 Å². The lowest BCUT2D eigenvalue weighted by molar-refractivity contribution is -0.142. The Bertz CT molecular complexity index is 424. The van der Waals surface area contributed by atoms with Crippen molar-refractivity contribution in [3.8, 4) is 0 Å². The van der Waals surface area contributed by atoms with Gasteiger partial charge in [0.1, 0.15) is 5.82 Å². The van der Waals surface area contributed by atoms with Crippen molar-refractivity contribution in [3.05, 3.63) is 17.3 Å². The van der Waals surface area contributed by atoms with Gasteiger partial charge in [0.15, 0.2) is 0 Å². The molecule has 0 amide bonds. The van der Waals surface area contributed by atoms with Gasteiger partial charge in [-0.1, -0.05) is 0 Å². The largest absolute Gasteiger partial charge is 0.466 e. The van der Waals surface area contributed by atoms with Crippen LogP contribution in [0, 0.1) is 0 Å². The molecule has 0 spiro atoms. The third-order valence-electron chi connectivity index (χ3n) is 2.14. The van der Waals surface area contributed by atoms with Crippen molar-refractivity contribution < 1.29 is 18.3 Å². The summed E-state index contributed by atoms with van der Waals surface area (Å²) in [5.41, 5.74) is 10.3. The van der Waals surface area contributed by atoms with Crippen LogP contribution in [0.3, 0.4) is 0 Å². The molecule has 0 saturated carbocycles. The second-order valence-electron chi connectivity index (χ2n) is 3.27. The zero-order valence-corrected chi connectivity index (χ0v) is 9.24. The Morgan fingerprint density at radius 3 is 2.71 bits per heavy atom. The normalized spacial score (nSPS) is 10.6. The summed E-state index contributed by atoms with van der Waals surface area (Å²) in [5, 5.41) is 0. The average molecular weight is 245 g/mol. The highest BCUT2D eigenvalue weighted by Gasteiger charge is 2.22. The number of aromatic nitrogens is 1. The first kappa shape index (κ1) is 13.1. The van der Waals surface area contributed by atoms with Crippen LogP contribution >= 0.6 is 0 Å². The molecule has 1 aromatic rings. The molecule has 0 aliphatic carbocycles. The zero-order chi connectivity index (χ0) is 13.0. The van der Waals surface area contributed by atoms with E-state index >= 15 is 0 Å². The first-order valence-electron chi connectivity index (χ1n) is 4.93. The number of alkyl halides is 2. The number of carbonyl (C=O) groups excluding carboxylic acids is 1. The Balaban J connectivity index is 3.12. The lowest BCUT2D eigenvalue weighted by Crippen LogP contribution is -2.13. The van der Waals surface area contributed by atoms with Crippen molar-refractivity contribution in [2.45, 2.75) is 19.8 Å². The van der Waals surface area contributed by atoms with E-state index in [4.69, 9.17) is 11.5 Å². The zero-order valence-electron chi connectivity index (χ0n) is 9.24. The molecule has 1 rings (SSSR count). The Morgan fingerprint density at radius 2 is 2.18 bits per heavy atom. The summed E-state index contributed by atoms with van der Waals surface area (Å²) in [6, 6.07) is 0. The molecule has 7 heteroatoms. The summed E-state index contributed by atoms with van der Waals surface area (Å²) in [6.45, 7) is 1.79. The van der Waals surface area contributed by atoms with Gasteiger partial charge in [-0.25, -0.2) is 13.8 Å². The van der Waals surface area contributed by atoms with Gasteiger partial charge in [0.25, 0.3) is 6.43 Å². The number of nitrogen functional groups attached to an aromatic ring is 2. The number of hydrogen-bond donors (Lipinski definition) is 2. The van der Waals surface area contributed by atoms with E-state index in [1.54, 1.807) is 6.92 Å². The van der Waals surface area contributed by atoms with Crippen LogP contribution in [-0.4, -0.2) is 17.6 Å². The van der Waals surface area contributed by atoms with E-state index in [0.29, 0.717) is 0 Å². The number of halogens is 2. The molecule has 0 bridgehead atoms. The number of nitrogens with zero attached hydrogens (tertiary/aromatic N) is 1. The summed E-state index contributed by atoms with van der Waals surface area (Å²) in [4.78, 5) is 14.8. The van der Waals surface area contributed by atoms with Crippen molar-refractivity contribution in [1.29, 1.82) is 0 Å². The highest BCUT2D eigenvalue weighted by molar-refractivity contribution is 5.76. The SMILES string of the molecule is CCOC(=O)Cc1c(N)cnc(N)c1C(F)F. The van der Waals surface area contributed by atoms with E-state index in [9.17, 15) is 13.6 Å². The lowest BCUT2D eigenvalue weighted by Gasteiger charge is -2.12. The maximum Gasteiger partial charge on any atom is 0.310 e. The quantitative estimate of drug-likeness (QED) is 0.780. The third-order valence-corrected chi connectivity index (χ3v) is 2.14. The predicted octanol–water partition coefficient (Wildman–Crippen LogP) is 1.29. The van der Waals surface area contributed by atoms with Gasteiger partial charge in [-0.05, 0) is 6.92 Å². The summed E-state index contributed by atoms with van der Waals surface area (Å²) >= 11 is 0. The van der Waals surface area contributed by atoms with E-state index in [2.05, 4.69) is 9.72 Å². The number of hydrogen-bond acceptors (Lipinski definition) is 5. The first-order chi connectivity index (χ1) is 7.97. The molecular weight excluding hydrogens is 232 g/mol. The van der Waals surface area contributed by atoms with Crippen LogP contribution in [0.5, 0.6) is 0 Å². The van der Waals surface area contributed by atoms with Gasteiger partial charge in [0.05, 0.1) is 30.5 Å². The molecule has 94 valence electrons. The van der Waals surface area contributed by atoms with Gasteiger partial charge in [-0.2, -0.15) is 0 Å². The monoisotopic (exact) mass is 245 g/mol. The smallest absolute Gasteiger partial charge is 0.310 e. The van der Waals surface area contributed by atoms with Crippen LogP contribution in [0.25, 0.3) is 0 Å². The van der Waals surface area contributed by atoms with Gasteiger partial charge in [-0.3, -0.25) is 4.79 Å². The van der Waals surface area contributed by atoms with E-state index in [1.807, 2.05) is 0 Å². The highest BCUT2D eigenvalue weighted by Crippen LogP contribution is 2.31. The predicted molar refractivity (Wildman–Crippen MR) is 58.4 cm³/mol. The molecular formula is C10H13F2N3O2. The Hall–Kier alpha value is -1.92. The third kappa shape index (κ3) is 3.02. The minimum atomic E-state index is -2.84. The van der Waals surface area contributed by atoms with Crippen LogP contribution in [0.1, 0.15) is 24.5 Å². The molecule has 0 aromatic carbocycles. The fraction of sp³-hybridized carbons (Fsp3) is 0.400. The van der Waals surface area contributed by atoms with E-state index in [0.717, 1.165) is 6.20 Å². The van der Waals surface area contributed by atoms with Gasteiger partial charge < -0.3 is 16.2 Å². The molecule has 1 heterocycles. The van der Waals surface area contributed by atoms with Crippen LogP contribution < -0.4 is 11.5 Å². The maximum absolute atomic E-state index is 12.8. The molecule has 1 aromatic heterocycles. The molecule has 17 heavy (non-hydrogen) atoms. The van der Waals surface area contributed by atoms with E-state index < -0.39 is 18.0 Å². The number of rotatable bonds is 4. The molecule has 0 radical (unpaired) electrons. The molecule has 5 nitrogen and oxygen atoms in total. The number of anilines is 2. The Morgan fingerprint density at radius 1 is 1.53 bits per heavy atom. The molecule has 0 unspecified atom stereocenters. The Labute approximate surface area is 96.8 Å². The van der Waals surface area contributed by atoms with Crippen molar-refractivity contribution in [2.24, 2.45) is 0 Å². The van der Waals surface area contributed by atoms with Crippen molar-refractivity contribution in [1.82, 2.24) is 4.98 Å². The molecule has 0 saturated heterocycles. The standard InChI is InChI=1S/C10H13F2N3O2/c1-2-17-7(16)3-5-6(13)4-15-10(14)8(5)9(11)12/h4,9H,2-3,13H2,1H3,(H2,14,15). The molecule has 0 fully saturated rings. The molecule has 0 aliphatic rings. The first-order valence-corrected chi connectivity index (χ1v) is 4.93. The molecule has 0 atom stereocenters. The average Bonchev–Trinajstić information content (AvgIpc) is 2.23. The topological polar surface area (TPSA) is 91.2 Å². The number of esters is 1. The highest BCUT2D eigenvalue weighted by atomic mass is 19.3. The van der Waals surface area contributed by atoms with Gasteiger partial charge in [0.2, 0.25) is 0 Å². The number of ether oxygens (including phenoxy) is 1. The number of nitrogens with two attached hydrogens (primary N) is 2. The van der Waals surface area contributed by atoms with Crippen molar-refractivity contribution in [3.63, 3.8) is 0 Å². The summed E-state index contributed by atoms with van der Waals surface area (Å²) < 4.78 is 30.2. The van der Waals surface area contributed by atoms with Gasteiger partial charge in [0, 0.05) is 5.56 Å². The summed E-state index contributed by atoms with van der Waals surface area (Å²) in [6.07, 6.45) is -2.03. The molecule has 4 N–H and O–H groups in total. The van der Waals surface area contributed by atoms with Crippen LogP contribution in [-0.2, 0) is 16.0 Å².